The van der Waals surface area contributed by atoms with Gasteiger partial charge in [-0.2, -0.15) is 0 Å². The molecular weight excluding hydrogens is 319 g/mol. The fraction of sp³-hybridized carbons (Fsp3) is 0.667. The third-order valence-corrected chi connectivity index (χ3v) is 4.68. The first kappa shape index (κ1) is 17.6. The lowest BCUT2D eigenvalue weighted by atomic mass is 10.0. The summed E-state index contributed by atoms with van der Waals surface area (Å²) in [4.78, 5) is 18.3. The first-order valence-electron chi connectivity index (χ1n) is 6.42. The molecule has 1 amide bonds. The molecule has 114 valence electrons. The number of rotatable bonds is 2. The molecule has 0 bridgehead atoms. The van der Waals surface area contributed by atoms with Crippen LogP contribution in [-0.2, 0) is 4.79 Å². The van der Waals surface area contributed by atoms with Gasteiger partial charge in [0.2, 0.25) is 5.91 Å². The Balaban J connectivity index is 0.000001000. The van der Waals surface area contributed by atoms with Gasteiger partial charge in [-0.1, -0.05) is 0 Å². The van der Waals surface area contributed by atoms with Crippen LogP contribution in [0.1, 0.15) is 18.9 Å². The molecule has 2 aliphatic heterocycles. The summed E-state index contributed by atoms with van der Waals surface area (Å²) in [7, 11) is 0. The summed E-state index contributed by atoms with van der Waals surface area (Å²) in [5.41, 5.74) is 0. The highest BCUT2D eigenvalue weighted by atomic mass is 35.5. The maximum Gasteiger partial charge on any atom is 0.240 e. The standard InChI is InChI=1S/C12H18N4OS.2ClH/c17-12(11-7-18-9-14-11)15-4-1-10(2-5-15)16-6-3-13-8-16;;/h3,6,8,10-11,14H,1-2,4-5,7,9H2;2*1H. The van der Waals surface area contributed by atoms with Crippen molar-refractivity contribution in [1.82, 2.24) is 19.8 Å². The molecule has 0 spiro atoms. The Bertz CT molecular complexity index is 404. The number of imidazole rings is 1. The SMILES string of the molecule is Cl.Cl.O=C(C1CSCN1)N1CCC(n2ccnc2)CC1. The van der Waals surface area contributed by atoms with E-state index in [0.717, 1.165) is 37.6 Å². The molecule has 0 saturated carbocycles. The van der Waals surface area contributed by atoms with E-state index in [-0.39, 0.29) is 36.8 Å². The van der Waals surface area contributed by atoms with Crippen LogP contribution < -0.4 is 5.32 Å². The third-order valence-electron chi connectivity index (χ3n) is 3.74. The summed E-state index contributed by atoms with van der Waals surface area (Å²) >= 11 is 1.80. The van der Waals surface area contributed by atoms with Crippen LogP contribution in [0.15, 0.2) is 18.7 Å². The Hall–Kier alpha value is -0.430. The van der Waals surface area contributed by atoms with Gasteiger partial charge in [-0.15, -0.1) is 36.6 Å². The number of nitrogens with zero attached hydrogens (tertiary/aromatic N) is 3. The molecule has 3 heterocycles. The second kappa shape index (κ2) is 8.12. The van der Waals surface area contributed by atoms with E-state index in [0.29, 0.717) is 6.04 Å². The molecule has 0 aliphatic carbocycles. The van der Waals surface area contributed by atoms with E-state index < -0.39 is 0 Å². The largest absolute Gasteiger partial charge is 0.341 e. The molecule has 0 aromatic carbocycles. The molecule has 8 heteroatoms. The number of likely N-dealkylation sites (tertiary alicyclic amines) is 1. The molecule has 5 nitrogen and oxygen atoms in total. The lowest BCUT2D eigenvalue weighted by Crippen LogP contribution is -2.48. The summed E-state index contributed by atoms with van der Waals surface area (Å²) in [5.74, 6) is 2.10. The fourth-order valence-corrected chi connectivity index (χ4v) is 3.58. The monoisotopic (exact) mass is 338 g/mol. The second-order valence-corrected chi connectivity index (χ2v) is 5.87. The lowest BCUT2D eigenvalue weighted by Gasteiger charge is -2.33. The zero-order chi connectivity index (χ0) is 12.4. The molecule has 2 aliphatic rings. The van der Waals surface area contributed by atoms with Crippen LogP contribution in [0.5, 0.6) is 0 Å². The first-order chi connectivity index (χ1) is 8.84. The zero-order valence-corrected chi connectivity index (χ0v) is 13.6. The lowest BCUT2D eigenvalue weighted by molar-refractivity contribution is -0.133. The van der Waals surface area contributed by atoms with Gasteiger partial charge in [0.25, 0.3) is 0 Å². The van der Waals surface area contributed by atoms with E-state index in [9.17, 15) is 4.79 Å². The molecule has 20 heavy (non-hydrogen) atoms. The smallest absolute Gasteiger partial charge is 0.240 e. The number of carbonyl (C=O) groups excluding carboxylic acids is 1. The van der Waals surface area contributed by atoms with Crippen molar-refractivity contribution in [3.8, 4) is 0 Å². The number of nitrogens with one attached hydrogen (secondary N) is 1. The normalized spacial score (nSPS) is 23.0. The van der Waals surface area contributed by atoms with Crippen LogP contribution in [0.25, 0.3) is 0 Å². The summed E-state index contributed by atoms with van der Waals surface area (Å²) in [5, 5.41) is 3.25. The highest BCUT2D eigenvalue weighted by Gasteiger charge is 2.30. The van der Waals surface area contributed by atoms with E-state index in [1.165, 1.54) is 0 Å². The van der Waals surface area contributed by atoms with Crippen molar-refractivity contribution in [3.63, 3.8) is 0 Å². The van der Waals surface area contributed by atoms with Gasteiger partial charge in [0.15, 0.2) is 0 Å². The molecule has 1 atom stereocenters. The number of amides is 1. The minimum Gasteiger partial charge on any atom is -0.341 e. The highest BCUT2D eigenvalue weighted by molar-refractivity contribution is 7.99. The number of hydrogen-bond donors (Lipinski definition) is 1. The van der Waals surface area contributed by atoms with Crippen LogP contribution in [0.2, 0.25) is 0 Å². The predicted octanol–water partition coefficient (Wildman–Crippen LogP) is 1.55. The van der Waals surface area contributed by atoms with Crippen molar-refractivity contribution in [3.05, 3.63) is 18.7 Å². The van der Waals surface area contributed by atoms with E-state index >= 15 is 0 Å². The van der Waals surface area contributed by atoms with Crippen molar-refractivity contribution in [2.24, 2.45) is 0 Å². The Kier molecular flexibility index (Phi) is 7.15. The summed E-state index contributed by atoms with van der Waals surface area (Å²) < 4.78 is 2.16. The average Bonchev–Trinajstić information content (AvgIpc) is 3.11. The highest BCUT2D eigenvalue weighted by Crippen LogP contribution is 2.23. The maximum atomic E-state index is 12.2. The second-order valence-electron chi connectivity index (χ2n) is 4.84. The van der Waals surface area contributed by atoms with Crippen LogP contribution in [0.3, 0.4) is 0 Å². The van der Waals surface area contributed by atoms with Crippen molar-refractivity contribution in [1.29, 1.82) is 0 Å². The molecule has 1 N–H and O–H groups in total. The number of carbonyl (C=O) groups is 1. The minimum absolute atomic E-state index is 0. The first-order valence-corrected chi connectivity index (χ1v) is 7.57. The van der Waals surface area contributed by atoms with E-state index in [1.807, 2.05) is 23.6 Å². The Labute approximate surface area is 135 Å². The van der Waals surface area contributed by atoms with Crippen molar-refractivity contribution >= 4 is 42.5 Å². The van der Waals surface area contributed by atoms with E-state index in [2.05, 4.69) is 14.9 Å². The summed E-state index contributed by atoms with van der Waals surface area (Å²) in [6, 6.07) is 0.544. The molecule has 2 saturated heterocycles. The zero-order valence-electron chi connectivity index (χ0n) is 11.1. The van der Waals surface area contributed by atoms with Gasteiger partial charge in [-0.05, 0) is 12.8 Å². The fourth-order valence-electron chi connectivity index (χ4n) is 2.64. The van der Waals surface area contributed by atoms with Crippen molar-refractivity contribution in [2.45, 2.75) is 24.9 Å². The van der Waals surface area contributed by atoms with Crippen LogP contribution in [0, 0.1) is 0 Å². The van der Waals surface area contributed by atoms with Crippen molar-refractivity contribution < 1.29 is 4.79 Å². The molecule has 1 aromatic rings. The number of halogens is 2. The Morgan fingerprint density at radius 2 is 2.05 bits per heavy atom. The van der Waals surface area contributed by atoms with Gasteiger partial charge in [0.1, 0.15) is 0 Å². The molecular formula is C12H20Cl2N4OS. The molecule has 0 radical (unpaired) electrons. The number of hydrogen-bond acceptors (Lipinski definition) is 4. The average molecular weight is 339 g/mol. The molecule has 3 rings (SSSR count). The van der Waals surface area contributed by atoms with Crippen LogP contribution >= 0.6 is 36.6 Å². The summed E-state index contributed by atoms with van der Waals surface area (Å²) in [6.07, 6.45) is 7.76. The van der Waals surface area contributed by atoms with Crippen LogP contribution in [0.4, 0.5) is 0 Å². The van der Waals surface area contributed by atoms with Gasteiger partial charge >= 0.3 is 0 Å². The Morgan fingerprint density at radius 1 is 1.30 bits per heavy atom. The van der Waals surface area contributed by atoms with Crippen LogP contribution in [-0.4, -0.2) is 51.1 Å². The minimum atomic E-state index is 0. The Morgan fingerprint density at radius 3 is 2.60 bits per heavy atom. The van der Waals surface area contributed by atoms with Gasteiger partial charge < -0.3 is 9.47 Å². The van der Waals surface area contributed by atoms with Gasteiger partial charge in [-0.25, -0.2) is 4.98 Å². The number of aromatic nitrogens is 2. The molecule has 2 fully saturated rings. The summed E-state index contributed by atoms with van der Waals surface area (Å²) in [6.45, 7) is 1.73. The maximum absolute atomic E-state index is 12.2. The quantitative estimate of drug-likeness (QED) is 0.888. The van der Waals surface area contributed by atoms with Gasteiger partial charge in [0.05, 0.1) is 12.4 Å². The topological polar surface area (TPSA) is 50.2 Å². The van der Waals surface area contributed by atoms with Gasteiger partial charge in [-0.3, -0.25) is 10.1 Å². The number of thioether (sulfide) groups is 1. The van der Waals surface area contributed by atoms with Crippen molar-refractivity contribution in [2.75, 3.05) is 24.7 Å². The molecule has 1 unspecified atom stereocenters. The third kappa shape index (κ3) is 3.81. The molecule has 1 aromatic heterocycles. The predicted molar refractivity (Wildman–Crippen MR) is 85.8 cm³/mol. The van der Waals surface area contributed by atoms with E-state index in [1.54, 1.807) is 11.8 Å². The van der Waals surface area contributed by atoms with E-state index in [4.69, 9.17) is 0 Å². The number of piperidine rings is 1. The van der Waals surface area contributed by atoms with Gasteiger partial charge in [0, 0.05) is 43.2 Å².